The Labute approximate surface area is 132 Å². The van der Waals surface area contributed by atoms with Gasteiger partial charge in [-0.05, 0) is 51.5 Å². The van der Waals surface area contributed by atoms with Crippen LogP contribution in [-0.4, -0.2) is 18.6 Å². The summed E-state index contributed by atoms with van der Waals surface area (Å²) in [6.07, 6.45) is 4.94. The fourth-order valence-corrected chi connectivity index (χ4v) is 3.91. The first-order chi connectivity index (χ1) is 10.5. The fraction of sp³-hybridized carbons (Fsp3) is 0.611. The van der Waals surface area contributed by atoms with Crippen LogP contribution in [0.5, 0.6) is 5.75 Å². The molecule has 1 heterocycles. The van der Waals surface area contributed by atoms with Crippen LogP contribution in [0.1, 0.15) is 54.8 Å². The molecule has 1 amide bonds. The van der Waals surface area contributed by atoms with Crippen molar-refractivity contribution in [3.05, 3.63) is 28.8 Å². The molecule has 0 saturated heterocycles. The van der Waals surface area contributed by atoms with E-state index >= 15 is 0 Å². The first-order valence-electron chi connectivity index (χ1n) is 8.34. The molecule has 1 unspecified atom stereocenters. The molecule has 1 aliphatic heterocycles. The fourth-order valence-electron chi connectivity index (χ4n) is 3.91. The predicted molar refractivity (Wildman–Crippen MR) is 86.8 cm³/mol. The Morgan fingerprint density at radius 1 is 1.27 bits per heavy atom. The van der Waals surface area contributed by atoms with E-state index in [0.29, 0.717) is 12.1 Å². The van der Waals surface area contributed by atoms with Gasteiger partial charge in [-0.3, -0.25) is 4.79 Å². The quantitative estimate of drug-likeness (QED) is 0.902. The smallest absolute Gasteiger partial charge is 0.220 e. The number of aryl methyl sites for hydroxylation is 2. The lowest BCUT2D eigenvalue weighted by Gasteiger charge is -2.24. The van der Waals surface area contributed by atoms with Crippen LogP contribution in [-0.2, 0) is 4.79 Å². The van der Waals surface area contributed by atoms with Crippen LogP contribution in [0.4, 0.5) is 0 Å². The largest absolute Gasteiger partial charge is 0.493 e. The zero-order valence-corrected chi connectivity index (χ0v) is 13.5. The van der Waals surface area contributed by atoms with E-state index in [4.69, 9.17) is 10.5 Å². The maximum Gasteiger partial charge on any atom is 0.220 e. The lowest BCUT2D eigenvalue weighted by molar-refractivity contribution is -0.121. The number of primary amides is 1. The molecule has 3 N–H and O–H groups in total. The van der Waals surface area contributed by atoms with Crippen molar-refractivity contribution in [2.75, 3.05) is 6.61 Å². The maximum absolute atomic E-state index is 11.4. The molecule has 0 bridgehead atoms. The number of carbonyl (C=O) groups excluding carboxylic acids is 1. The van der Waals surface area contributed by atoms with Crippen molar-refractivity contribution in [2.45, 2.75) is 58.0 Å². The predicted octanol–water partition coefficient (Wildman–Crippen LogP) is 2.76. The first-order valence-corrected chi connectivity index (χ1v) is 8.34. The molecule has 3 atom stereocenters. The summed E-state index contributed by atoms with van der Waals surface area (Å²) in [6, 6.07) is 5.12. The van der Waals surface area contributed by atoms with Crippen molar-refractivity contribution in [1.29, 1.82) is 0 Å². The summed E-state index contributed by atoms with van der Waals surface area (Å²) in [7, 11) is 0. The number of nitrogens with two attached hydrogens (primary N) is 1. The number of ether oxygens (including phenoxy) is 1. The summed E-state index contributed by atoms with van der Waals surface area (Å²) in [5, 5.41) is 3.77. The van der Waals surface area contributed by atoms with Crippen molar-refractivity contribution in [2.24, 2.45) is 11.7 Å². The minimum absolute atomic E-state index is 0.0400. The second kappa shape index (κ2) is 6.29. The molecule has 4 heteroatoms. The number of rotatable bonds is 3. The molecule has 22 heavy (non-hydrogen) atoms. The summed E-state index contributed by atoms with van der Waals surface area (Å²) >= 11 is 0. The standard InChI is InChI=1S/C18H26N2O2/c1-11-8-12(2)17-15(9-11)16(4-3-7-22-17)20-14-6-5-13(10-14)18(19)21/h8-9,13-14,16,20H,3-7,10H2,1-2H3,(H2,19,21)/t13-,14+,16?/m0/s1. The van der Waals surface area contributed by atoms with Crippen LogP contribution >= 0.6 is 0 Å². The van der Waals surface area contributed by atoms with Gasteiger partial charge in [0.15, 0.2) is 0 Å². The van der Waals surface area contributed by atoms with Gasteiger partial charge in [0.2, 0.25) is 5.91 Å². The van der Waals surface area contributed by atoms with Gasteiger partial charge in [-0.15, -0.1) is 0 Å². The van der Waals surface area contributed by atoms with Crippen LogP contribution < -0.4 is 15.8 Å². The number of hydrogen-bond donors (Lipinski definition) is 2. The number of benzene rings is 1. The highest BCUT2D eigenvalue weighted by molar-refractivity contribution is 5.77. The summed E-state index contributed by atoms with van der Waals surface area (Å²) < 4.78 is 5.97. The van der Waals surface area contributed by atoms with Crippen molar-refractivity contribution >= 4 is 5.91 Å². The van der Waals surface area contributed by atoms with Crippen molar-refractivity contribution in [3.8, 4) is 5.75 Å². The minimum atomic E-state index is -0.152. The van der Waals surface area contributed by atoms with Crippen LogP contribution in [0, 0.1) is 19.8 Å². The van der Waals surface area contributed by atoms with Gasteiger partial charge >= 0.3 is 0 Å². The van der Waals surface area contributed by atoms with E-state index in [2.05, 4.69) is 31.3 Å². The van der Waals surface area contributed by atoms with E-state index in [1.807, 2.05) is 0 Å². The Morgan fingerprint density at radius 2 is 2.09 bits per heavy atom. The number of amides is 1. The zero-order chi connectivity index (χ0) is 15.7. The molecule has 0 radical (unpaired) electrons. The third-order valence-electron chi connectivity index (χ3n) is 4.98. The SMILES string of the molecule is Cc1cc(C)c2c(c1)C(N[C@@H]1CC[C@H](C(N)=O)C1)CCCO2. The number of fused-ring (bicyclic) bond motifs is 1. The number of nitrogens with one attached hydrogen (secondary N) is 1. The lowest BCUT2D eigenvalue weighted by atomic mass is 9.96. The van der Waals surface area contributed by atoms with Gasteiger partial charge < -0.3 is 15.8 Å². The summed E-state index contributed by atoms with van der Waals surface area (Å²) in [4.78, 5) is 11.4. The highest BCUT2D eigenvalue weighted by Gasteiger charge is 2.31. The summed E-state index contributed by atoms with van der Waals surface area (Å²) in [5.41, 5.74) is 9.21. The molecule has 1 fully saturated rings. The lowest BCUT2D eigenvalue weighted by Crippen LogP contribution is -2.32. The Kier molecular flexibility index (Phi) is 4.39. The normalized spacial score (nSPS) is 27.8. The molecule has 0 spiro atoms. The molecule has 120 valence electrons. The minimum Gasteiger partial charge on any atom is -0.493 e. The van der Waals surface area contributed by atoms with Crippen molar-refractivity contribution in [3.63, 3.8) is 0 Å². The highest BCUT2D eigenvalue weighted by Crippen LogP contribution is 2.37. The third-order valence-corrected chi connectivity index (χ3v) is 4.98. The second-order valence-corrected chi connectivity index (χ2v) is 6.82. The van der Waals surface area contributed by atoms with Gasteiger partial charge in [0.05, 0.1) is 6.61 Å². The Balaban J connectivity index is 1.79. The molecule has 3 rings (SSSR count). The van der Waals surface area contributed by atoms with E-state index in [-0.39, 0.29) is 11.8 Å². The van der Waals surface area contributed by atoms with Gasteiger partial charge in [0.1, 0.15) is 5.75 Å². The molecular formula is C18H26N2O2. The molecular weight excluding hydrogens is 276 g/mol. The van der Waals surface area contributed by atoms with E-state index in [1.54, 1.807) is 0 Å². The molecule has 2 aliphatic rings. The van der Waals surface area contributed by atoms with Gasteiger partial charge in [-0.1, -0.05) is 17.7 Å². The Morgan fingerprint density at radius 3 is 2.82 bits per heavy atom. The number of hydrogen-bond acceptors (Lipinski definition) is 3. The van der Waals surface area contributed by atoms with E-state index < -0.39 is 0 Å². The van der Waals surface area contributed by atoms with Gasteiger partial charge in [-0.2, -0.15) is 0 Å². The van der Waals surface area contributed by atoms with Crippen LogP contribution in [0.3, 0.4) is 0 Å². The molecule has 1 aliphatic carbocycles. The third kappa shape index (κ3) is 3.12. The van der Waals surface area contributed by atoms with Gasteiger partial charge in [0.25, 0.3) is 0 Å². The van der Waals surface area contributed by atoms with Crippen LogP contribution in [0.25, 0.3) is 0 Å². The maximum atomic E-state index is 11.4. The highest BCUT2D eigenvalue weighted by atomic mass is 16.5. The topological polar surface area (TPSA) is 64.3 Å². The van der Waals surface area contributed by atoms with Crippen LogP contribution in [0.2, 0.25) is 0 Å². The van der Waals surface area contributed by atoms with Crippen LogP contribution in [0.15, 0.2) is 12.1 Å². The van der Waals surface area contributed by atoms with Gasteiger partial charge in [-0.25, -0.2) is 0 Å². The molecule has 1 saturated carbocycles. The average Bonchev–Trinajstić information content (AvgIpc) is 2.83. The first kappa shape index (κ1) is 15.3. The van der Waals surface area contributed by atoms with E-state index in [1.165, 1.54) is 16.7 Å². The molecule has 4 nitrogen and oxygen atoms in total. The molecule has 1 aromatic rings. The average molecular weight is 302 g/mol. The summed E-state index contributed by atoms with van der Waals surface area (Å²) in [6.45, 7) is 5.03. The monoisotopic (exact) mass is 302 g/mol. The molecule has 1 aromatic carbocycles. The van der Waals surface area contributed by atoms with E-state index in [9.17, 15) is 4.79 Å². The van der Waals surface area contributed by atoms with Gasteiger partial charge in [0, 0.05) is 23.6 Å². The van der Waals surface area contributed by atoms with E-state index in [0.717, 1.165) is 44.5 Å². The van der Waals surface area contributed by atoms with Crippen molar-refractivity contribution in [1.82, 2.24) is 5.32 Å². The molecule has 0 aromatic heterocycles. The Hall–Kier alpha value is -1.55. The number of carbonyl (C=O) groups is 1. The second-order valence-electron chi connectivity index (χ2n) is 6.82. The summed E-state index contributed by atoms with van der Waals surface area (Å²) in [5.74, 6) is 0.934. The van der Waals surface area contributed by atoms with Crippen molar-refractivity contribution < 1.29 is 9.53 Å². The Bertz CT molecular complexity index is 570. The zero-order valence-electron chi connectivity index (χ0n) is 13.5.